The van der Waals surface area contributed by atoms with E-state index in [2.05, 4.69) is 0 Å². The summed E-state index contributed by atoms with van der Waals surface area (Å²) in [5, 5.41) is 0. The Hall–Kier alpha value is -1.35. The SMILES string of the molecule is COCC(C)(C)OC(=O)c1ccccc1. The number of benzene rings is 1. The van der Waals surface area contributed by atoms with Crippen molar-refractivity contribution in [3.63, 3.8) is 0 Å². The molecule has 0 unspecified atom stereocenters. The van der Waals surface area contributed by atoms with Gasteiger partial charge in [-0.2, -0.15) is 0 Å². The Morgan fingerprint density at radius 2 is 1.87 bits per heavy atom. The normalized spacial score (nSPS) is 11.1. The van der Waals surface area contributed by atoms with Crippen LogP contribution >= 0.6 is 0 Å². The molecule has 0 saturated heterocycles. The molecule has 0 N–H and O–H groups in total. The quantitative estimate of drug-likeness (QED) is 0.712. The van der Waals surface area contributed by atoms with Gasteiger partial charge in [0.2, 0.25) is 0 Å². The minimum absolute atomic E-state index is 0.322. The highest BCUT2D eigenvalue weighted by atomic mass is 16.6. The van der Waals surface area contributed by atoms with Crippen molar-refractivity contribution < 1.29 is 14.3 Å². The average molecular weight is 208 g/mol. The first-order chi connectivity index (χ1) is 7.05. The molecule has 0 aliphatic rings. The predicted molar refractivity (Wildman–Crippen MR) is 57.8 cm³/mol. The number of ether oxygens (including phenoxy) is 2. The lowest BCUT2D eigenvalue weighted by molar-refractivity contribution is -0.0364. The molecule has 0 aliphatic heterocycles. The Balaban J connectivity index is 2.64. The minimum atomic E-state index is -0.596. The first-order valence-electron chi connectivity index (χ1n) is 4.82. The molecule has 1 rings (SSSR count). The van der Waals surface area contributed by atoms with Crippen molar-refractivity contribution in [2.24, 2.45) is 0 Å². The zero-order chi connectivity index (χ0) is 11.3. The molecule has 0 saturated carbocycles. The van der Waals surface area contributed by atoms with Gasteiger partial charge in [-0.15, -0.1) is 0 Å². The Morgan fingerprint density at radius 1 is 1.27 bits per heavy atom. The number of carbonyl (C=O) groups excluding carboxylic acids is 1. The number of methoxy groups -OCH3 is 1. The standard InChI is InChI=1S/C12H16O3/c1-12(2,9-14-3)15-11(13)10-7-5-4-6-8-10/h4-8H,9H2,1-3H3. The van der Waals surface area contributed by atoms with Crippen LogP contribution in [0.2, 0.25) is 0 Å². The summed E-state index contributed by atoms with van der Waals surface area (Å²) in [4.78, 5) is 11.7. The van der Waals surface area contributed by atoms with E-state index in [1.54, 1.807) is 31.4 Å². The summed E-state index contributed by atoms with van der Waals surface area (Å²) in [5.74, 6) is -0.322. The van der Waals surface area contributed by atoms with Gasteiger partial charge in [0, 0.05) is 7.11 Å². The minimum Gasteiger partial charge on any atom is -0.454 e. The third kappa shape index (κ3) is 3.72. The Morgan fingerprint density at radius 3 is 2.40 bits per heavy atom. The Bertz CT molecular complexity index is 317. The maximum absolute atomic E-state index is 11.7. The van der Waals surface area contributed by atoms with Crippen molar-refractivity contribution in [3.8, 4) is 0 Å². The van der Waals surface area contributed by atoms with Crippen LogP contribution in [0.5, 0.6) is 0 Å². The first-order valence-corrected chi connectivity index (χ1v) is 4.82. The summed E-state index contributed by atoms with van der Waals surface area (Å²) >= 11 is 0. The molecule has 0 bridgehead atoms. The van der Waals surface area contributed by atoms with E-state index in [0.717, 1.165) is 0 Å². The molecule has 0 amide bonds. The van der Waals surface area contributed by atoms with Crippen molar-refractivity contribution in [1.82, 2.24) is 0 Å². The maximum atomic E-state index is 11.7. The van der Waals surface area contributed by atoms with E-state index in [1.807, 2.05) is 19.9 Å². The summed E-state index contributed by atoms with van der Waals surface area (Å²) in [7, 11) is 1.58. The molecule has 1 aromatic carbocycles. The highest BCUT2D eigenvalue weighted by molar-refractivity contribution is 5.89. The number of carbonyl (C=O) groups is 1. The molecule has 0 atom stereocenters. The maximum Gasteiger partial charge on any atom is 0.338 e. The Kier molecular flexibility index (Phi) is 3.86. The van der Waals surface area contributed by atoms with Gasteiger partial charge in [0.05, 0.1) is 12.2 Å². The number of rotatable bonds is 4. The molecular weight excluding hydrogens is 192 g/mol. The lowest BCUT2D eigenvalue weighted by Gasteiger charge is -2.23. The second-order valence-electron chi connectivity index (χ2n) is 3.95. The van der Waals surface area contributed by atoms with Crippen LogP contribution < -0.4 is 0 Å². The zero-order valence-corrected chi connectivity index (χ0v) is 9.32. The fourth-order valence-electron chi connectivity index (χ4n) is 1.26. The van der Waals surface area contributed by atoms with Gasteiger partial charge in [0.1, 0.15) is 5.60 Å². The summed E-state index contributed by atoms with van der Waals surface area (Å²) in [6.45, 7) is 4.01. The first kappa shape index (κ1) is 11.7. The molecule has 3 nitrogen and oxygen atoms in total. The average Bonchev–Trinajstić information content (AvgIpc) is 2.18. The van der Waals surface area contributed by atoms with Crippen LogP contribution in [0.4, 0.5) is 0 Å². The van der Waals surface area contributed by atoms with Crippen molar-refractivity contribution in [2.45, 2.75) is 19.4 Å². The second kappa shape index (κ2) is 4.94. The van der Waals surface area contributed by atoms with E-state index in [1.165, 1.54) is 0 Å². The molecule has 0 spiro atoms. The molecule has 1 aromatic rings. The third-order valence-electron chi connectivity index (χ3n) is 1.87. The fraction of sp³-hybridized carbons (Fsp3) is 0.417. The number of hydrogen-bond donors (Lipinski definition) is 0. The van der Waals surface area contributed by atoms with Gasteiger partial charge in [0.15, 0.2) is 0 Å². The van der Waals surface area contributed by atoms with Crippen molar-refractivity contribution >= 4 is 5.97 Å². The van der Waals surface area contributed by atoms with E-state index >= 15 is 0 Å². The van der Waals surface area contributed by atoms with E-state index in [4.69, 9.17) is 9.47 Å². The molecular formula is C12H16O3. The number of hydrogen-bond acceptors (Lipinski definition) is 3. The summed E-state index contributed by atoms with van der Waals surface area (Å²) in [6, 6.07) is 8.92. The van der Waals surface area contributed by atoms with Gasteiger partial charge in [-0.1, -0.05) is 18.2 Å². The zero-order valence-electron chi connectivity index (χ0n) is 9.32. The Labute approximate surface area is 90.0 Å². The highest BCUT2D eigenvalue weighted by Crippen LogP contribution is 2.13. The molecule has 0 radical (unpaired) electrons. The summed E-state index contributed by atoms with van der Waals surface area (Å²) in [6.07, 6.45) is 0. The largest absolute Gasteiger partial charge is 0.454 e. The van der Waals surface area contributed by atoms with Crippen LogP contribution in [0.3, 0.4) is 0 Å². The number of esters is 1. The molecule has 82 valence electrons. The van der Waals surface area contributed by atoms with Crippen molar-refractivity contribution in [1.29, 1.82) is 0 Å². The molecule has 3 heteroatoms. The third-order valence-corrected chi connectivity index (χ3v) is 1.87. The predicted octanol–water partition coefficient (Wildman–Crippen LogP) is 2.27. The van der Waals surface area contributed by atoms with Gasteiger partial charge in [-0.05, 0) is 26.0 Å². The molecule has 0 aliphatic carbocycles. The van der Waals surface area contributed by atoms with Gasteiger partial charge in [0.25, 0.3) is 0 Å². The summed E-state index contributed by atoms with van der Waals surface area (Å²) in [5.41, 5.74) is -0.0385. The monoisotopic (exact) mass is 208 g/mol. The lowest BCUT2D eigenvalue weighted by Crippen LogP contribution is -2.32. The van der Waals surface area contributed by atoms with Crippen LogP contribution in [-0.2, 0) is 9.47 Å². The lowest BCUT2D eigenvalue weighted by atomic mass is 10.1. The van der Waals surface area contributed by atoms with Crippen LogP contribution in [0.25, 0.3) is 0 Å². The smallest absolute Gasteiger partial charge is 0.338 e. The van der Waals surface area contributed by atoms with Crippen molar-refractivity contribution in [3.05, 3.63) is 35.9 Å². The molecule has 15 heavy (non-hydrogen) atoms. The van der Waals surface area contributed by atoms with Gasteiger partial charge < -0.3 is 9.47 Å². The molecule has 0 aromatic heterocycles. The van der Waals surface area contributed by atoms with Crippen LogP contribution in [-0.4, -0.2) is 25.3 Å². The van der Waals surface area contributed by atoms with E-state index in [-0.39, 0.29) is 5.97 Å². The highest BCUT2D eigenvalue weighted by Gasteiger charge is 2.23. The van der Waals surface area contributed by atoms with E-state index < -0.39 is 5.60 Å². The van der Waals surface area contributed by atoms with Gasteiger partial charge in [-0.25, -0.2) is 4.79 Å². The van der Waals surface area contributed by atoms with Crippen LogP contribution in [0.1, 0.15) is 24.2 Å². The molecule has 0 fully saturated rings. The van der Waals surface area contributed by atoms with Crippen molar-refractivity contribution in [2.75, 3.05) is 13.7 Å². The van der Waals surface area contributed by atoms with E-state index in [0.29, 0.717) is 12.2 Å². The topological polar surface area (TPSA) is 35.5 Å². The van der Waals surface area contributed by atoms with E-state index in [9.17, 15) is 4.79 Å². The van der Waals surface area contributed by atoms with Crippen LogP contribution in [0, 0.1) is 0 Å². The summed E-state index contributed by atoms with van der Waals surface area (Å²) < 4.78 is 10.3. The fourth-order valence-corrected chi connectivity index (χ4v) is 1.26. The van der Waals surface area contributed by atoms with Gasteiger partial charge >= 0.3 is 5.97 Å². The second-order valence-corrected chi connectivity index (χ2v) is 3.95. The van der Waals surface area contributed by atoms with Gasteiger partial charge in [-0.3, -0.25) is 0 Å². The van der Waals surface area contributed by atoms with Crippen LogP contribution in [0.15, 0.2) is 30.3 Å². The molecule has 0 heterocycles.